The largest absolute Gasteiger partial charge is 0.288 e. The molecule has 168 valence electrons. The maximum atomic E-state index is 13.5. The minimum Gasteiger partial charge on any atom is -0.288 e. The molecule has 2 aliphatic heterocycles. The first kappa shape index (κ1) is 20.3. The summed E-state index contributed by atoms with van der Waals surface area (Å²) >= 11 is 2.86. The zero-order valence-electron chi connectivity index (χ0n) is 18.9. The highest BCUT2D eigenvalue weighted by Gasteiger charge is 2.36. The fourth-order valence-electron chi connectivity index (χ4n) is 5.32. The van der Waals surface area contributed by atoms with Crippen molar-refractivity contribution in [3.8, 4) is 0 Å². The summed E-state index contributed by atoms with van der Waals surface area (Å²) in [5, 5.41) is 8.94. The molecule has 0 amide bonds. The van der Waals surface area contributed by atoms with Crippen molar-refractivity contribution in [2.45, 2.75) is 9.79 Å². The Bertz CT molecular complexity index is 1890. The van der Waals surface area contributed by atoms with E-state index in [9.17, 15) is 9.59 Å². The molecule has 0 radical (unpaired) electrons. The Morgan fingerprint density at radius 1 is 0.389 bits per heavy atom. The van der Waals surface area contributed by atoms with E-state index in [0.29, 0.717) is 20.9 Å². The zero-order chi connectivity index (χ0) is 24.0. The molecule has 0 fully saturated rings. The van der Waals surface area contributed by atoms with Crippen molar-refractivity contribution >= 4 is 78.2 Å². The molecule has 2 aliphatic rings. The number of carbonyl (C=O) groups excluding carboxylic acids is 2. The summed E-state index contributed by atoms with van der Waals surface area (Å²) < 4.78 is 0. The fourth-order valence-corrected chi connectivity index (χ4v) is 7.68. The summed E-state index contributed by atoms with van der Waals surface area (Å²) in [5.74, 6) is -0.104. The van der Waals surface area contributed by atoms with E-state index in [1.165, 1.54) is 34.3 Å². The van der Waals surface area contributed by atoms with E-state index >= 15 is 0 Å². The third-order valence-corrected chi connectivity index (χ3v) is 9.57. The summed E-state index contributed by atoms with van der Waals surface area (Å²) in [7, 11) is 0. The Morgan fingerprint density at radius 3 is 1.08 bits per heavy atom. The van der Waals surface area contributed by atoms with Gasteiger partial charge in [0.2, 0.25) is 11.6 Å². The van der Waals surface area contributed by atoms with Crippen LogP contribution in [0.3, 0.4) is 0 Å². The van der Waals surface area contributed by atoms with E-state index in [2.05, 4.69) is 60.7 Å². The van der Waals surface area contributed by atoms with Crippen molar-refractivity contribution in [3.05, 3.63) is 118 Å². The predicted molar refractivity (Wildman–Crippen MR) is 150 cm³/mol. The van der Waals surface area contributed by atoms with Crippen LogP contribution in [0.25, 0.3) is 43.1 Å². The van der Waals surface area contributed by atoms with Crippen LogP contribution in [-0.2, 0) is 0 Å². The number of Topliss-reactive ketones (excluding diaryl/α,β-unsaturated/α-hetero) is 2. The van der Waals surface area contributed by atoms with Crippen LogP contribution >= 0.6 is 23.5 Å². The van der Waals surface area contributed by atoms with Crippen LogP contribution in [0, 0.1) is 0 Å². The van der Waals surface area contributed by atoms with Crippen molar-refractivity contribution in [3.63, 3.8) is 0 Å². The van der Waals surface area contributed by atoms with Gasteiger partial charge in [-0.25, -0.2) is 0 Å². The number of fused-ring (bicyclic) bond motifs is 6. The second kappa shape index (κ2) is 7.33. The molecule has 0 spiro atoms. The molecule has 0 N–H and O–H groups in total. The van der Waals surface area contributed by atoms with E-state index in [4.69, 9.17) is 0 Å². The smallest absolute Gasteiger partial charge is 0.202 e. The van der Waals surface area contributed by atoms with Gasteiger partial charge in [0.25, 0.3) is 0 Å². The van der Waals surface area contributed by atoms with Gasteiger partial charge in [0, 0.05) is 20.9 Å². The molecule has 2 heterocycles. The van der Waals surface area contributed by atoms with Crippen LogP contribution < -0.4 is 0 Å². The van der Waals surface area contributed by atoms with Crippen molar-refractivity contribution in [2.24, 2.45) is 0 Å². The topological polar surface area (TPSA) is 34.1 Å². The first-order valence-electron chi connectivity index (χ1n) is 11.7. The molecule has 0 bridgehead atoms. The SMILES string of the molecule is O=C1/C(=C2\Sc3cc4cc5ccccc5cc4cc3C2=O)Sc2cc3cc4ccccc4cc3cc21. The summed E-state index contributed by atoms with van der Waals surface area (Å²) in [4.78, 5) is 30.0. The summed E-state index contributed by atoms with van der Waals surface area (Å²) in [6.45, 7) is 0. The van der Waals surface area contributed by atoms with Crippen molar-refractivity contribution in [1.29, 1.82) is 0 Å². The van der Waals surface area contributed by atoms with Crippen LogP contribution in [0.15, 0.2) is 117 Å². The van der Waals surface area contributed by atoms with Crippen LogP contribution in [0.5, 0.6) is 0 Å². The molecule has 0 unspecified atom stereocenters. The second-order valence-electron chi connectivity index (χ2n) is 9.31. The lowest BCUT2D eigenvalue weighted by atomic mass is 9.99. The fraction of sp³-hybridized carbons (Fsp3) is 0. The van der Waals surface area contributed by atoms with Gasteiger partial charge in [0.1, 0.15) is 0 Å². The normalized spacial score (nSPS) is 17.0. The quantitative estimate of drug-likeness (QED) is 0.155. The van der Waals surface area contributed by atoms with E-state index in [1.807, 2.05) is 36.4 Å². The molecule has 0 aromatic heterocycles. The molecule has 0 saturated carbocycles. The number of rotatable bonds is 0. The van der Waals surface area contributed by atoms with Gasteiger partial charge in [0.05, 0.1) is 9.81 Å². The van der Waals surface area contributed by atoms with Gasteiger partial charge in [-0.3, -0.25) is 9.59 Å². The Labute approximate surface area is 215 Å². The van der Waals surface area contributed by atoms with E-state index in [1.54, 1.807) is 0 Å². The maximum Gasteiger partial charge on any atom is 0.202 e. The van der Waals surface area contributed by atoms with Crippen LogP contribution in [0.2, 0.25) is 0 Å². The van der Waals surface area contributed by atoms with E-state index in [-0.39, 0.29) is 11.6 Å². The monoisotopic (exact) mass is 496 g/mol. The molecule has 8 rings (SSSR count). The third kappa shape index (κ3) is 2.89. The van der Waals surface area contributed by atoms with Crippen LogP contribution in [0.4, 0.5) is 0 Å². The standard InChI is InChI=1S/C32H16O2S2/c33-29-25-13-21-9-17-5-1-3-7-19(17)11-23(21)15-27(25)35-31(29)32-30(34)26-14-22-10-18-6-2-4-8-20(18)12-24(22)16-28(26)36-32/h1-16H/b32-31+. The van der Waals surface area contributed by atoms with Gasteiger partial charge in [-0.2, -0.15) is 0 Å². The number of hydrogen-bond donors (Lipinski definition) is 0. The Balaban J connectivity index is 1.25. The number of ketones is 2. The summed E-state index contributed by atoms with van der Waals surface area (Å²) in [6, 6.07) is 33.3. The number of allylic oxidation sites excluding steroid dienone is 2. The minimum atomic E-state index is -0.0518. The van der Waals surface area contributed by atoms with Gasteiger partial charge in [-0.1, -0.05) is 72.1 Å². The van der Waals surface area contributed by atoms with Gasteiger partial charge in [-0.05, 0) is 91.6 Å². The van der Waals surface area contributed by atoms with E-state index < -0.39 is 0 Å². The molecular formula is C32H16O2S2. The molecule has 6 aromatic rings. The lowest BCUT2D eigenvalue weighted by Gasteiger charge is -2.04. The molecule has 0 aliphatic carbocycles. The molecule has 0 saturated heterocycles. The highest BCUT2D eigenvalue weighted by molar-refractivity contribution is 8.08. The summed E-state index contributed by atoms with van der Waals surface area (Å²) in [6.07, 6.45) is 0. The number of hydrogen-bond acceptors (Lipinski definition) is 4. The first-order valence-corrected chi connectivity index (χ1v) is 13.4. The van der Waals surface area contributed by atoms with Crippen molar-refractivity contribution in [2.75, 3.05) is 0 Å². The van der Waals surface area contributed by atoms with E-state index in [0.717, 1.165) is 42.1 Å². The molecule has 36 heavy (non-hydrogen) atoms. The Morgan fingerprint density at radius 2 is 0.722 bits per heavy atom. The highest BCUT2D eigenvalue weighted by Crippen LogP contribution is 2.51. The predicted octanol–water partition coefficient (Wildman–Crippen LogP) is 8.79. The first-order chi connectivity index (χ1) is 17.6. The summed E-state index contributed by atoms with van der Waals surface area (Å²) in [5.41, 5.74) is 1.37. The third-order valence-electron chi connectivity index (χ3n) is 7.14. The average Bonchev–Trinajstić information content (AvgIpc) is 3.38. The van der Waals surface area contributed by atoms with Crippen molar-refractivity contribution < 1.29 is 9.59 Å². The van der Waals surface area contributed by atoms with Crippen LogP contribution in [-0.4, -0.2) is 11.6 Å². The molecule has 2 nitrogen and oxygen atoms in total. The number of thioether (sulfide) groups is 2. The average molecular weight is 497 g/mol. The van der Waals surface area contributed by atoms with Gasteiger partial charge in [-0.15, -0.1) is 0 Å². The Hall–Kier alpha value is -3.86. The van der Waals surface area contributed by atoms with Gasteiger partial charge >= 0.3 is 0 Å². The lowest BCUT2D eigenvalue weighted by Crippen LogP contribution is -2.02. The molecule has 6 aromatic carbocycles. The second-order valence-corrected chi connectivity index (χ2v) is 11.4. The van der Waals surface area contributed by atoms with Gasteiger partial charge < -0.3 is 0 Å². The lowest BCUT2D eigenvalue weighted by molar-refractivity contribution is 0.101. The highest BCUT2D eigenvalue weighted by atomic mass is 32.2. The van der Waals surface area contributed by atoms with Crippen LogP contribution in [0.1, 0.15) is 20.7 Å². The van der Waals surface area contributed by atoms with Gasteiger partial charge in [0.15, 0.2) is 0 Å². The van der Waals surface area contributed by atoms with Crippen molar-refractivity contribution in [1.82, 2.24) is 0 Å². The number of benzene rings is 6. The number of carbonyl (C=O) groups is 2. The molecular weight excluding hydrogens is 480 g/mol. The maximum absolute atomic E-state index is 13.5. The molecule has 0 atom stereocenters. The molecule has 4 heteroatoms. The zero-order valence-corrected chi connectivity index (χ0v) is 20.5. The minimum absolute atomic E-state index is 0.0518. The Kier molecular flexibility index (Phi) is 4.14.